The number of halogens is 1. The number of fused-ring (bicyclic) bond motifs is 1. The normalized spacial score (nSPS) is 14.1. The van der Waals surface area contributed by atoms with Gasteiger partial charge in [0, 0.05) is 37.3 Å². The van der Waals surface area contributed by atoms with Gasteiger partial charge in [0.25, 0.3) is 5.91 Å². The first-order valence-electron chi connectivity index (χ1n) is 10.3. The highest BCUT2D eigenvalue weighted by molar-refractivity contribution is 6.33. The van der Waals surface area contributed by atoms with Gasteiger partial charge in [-0.1, -0.05) is 66.2 Å². The summed E-state index contributed by atoms with van der Waals surface area (Å²) in [6.45, 7) is 2.74. The van der Waals surface area contributed by atoms with Gasteiger partial charge in [-0.15, -0.1) is 10.2 Å². The van der Waals surface area contributed by atoms with Crippen molar-refractivity contribution < 1.29 is 4.79 Å². The Morgan fingerprint density at radius 2 is 1.52 bits per heavy atom. The molecule has 0 atom stereocenters. The van der Waals surface area contributed by atoms with E-state index in [4.69, 9.17) is 11.6 Å². The van der Waals surface area contributed by atoms with Crippen molar-refractivity contribution in [3.8, 4) is 11.3 Å². The average molecular weight is 429 g/mol. The molecule has 0 aliphatic carbocycles. The van der Waals surface area contributed by atoms with Gasteiger partial charge in [-0.05, 0) is 35.0 Å². The SMILES string of the molecule is O=C(c1cccc2ccccc12)N1CCN(c2ccc(-c3ccccc3Cl)nn2)CC1. The molecule has 5 nitrogen and oxygen atoms in total. The van der Waals surface area contributed by atoms with Crippen LogP contribution in [-0.4, -0.2) is 47.2 Å². The average Bonchev–Trinajstić information content (AvgIpc) is 2.84. The predicted molar refractivity (Wildman–Crippen MR) is 125 cm³/mol. The molecule has 3 aromatic carbocycles. The lowest BCUT2D eigenvalue weighted by atomic mass is 10.0. The largest absolute Gasteiger partial charge is 0.352 e. The van der Waals surface area contributed by atoms with E-state index in [2.05, 4.69) is 15.1 Å². The van der Waals surface area contributed by atoms with Crippen LogP contribution < -0.4 is 4.90 Å². The first kappa shape index (κ1) is 19.5. The molecule has 1 aromatic heterocycles. The number of nitrogens with zero attached hydrogens (tertiary/aromatic N) is 4. The Balaban J connectivity index is 1.28. The van der Waals surface area contributed by atoms with Crippen LogP contribution in [-0.2, 0) is 0 Å². The quantitative estimate of drug-likeness (QED) is 0.465. The van der Waals surface area contributed by atoms with Crippen LogP contribution in [0.2, 0.25) is 5.02 Å². The summed E-state index contributed by atoms with van der Waals surface area (Å²) in [5.74, 6) is 0.893. The maximum Gasteiger partial charge on any atom is 0.254 e. The number of piperazine rings is 1. The fourth-order valence-corrected chi connectivity index (χ4v) is 4.26. The first-order valence-corrected chi connectivity index (χ1v) is 10.7. The zero-order chi connectivity index (χ0) is 21.2. The summed E-state index contributed by atoms with van der Waals surface area (Å²) in [6, 6.07) is 25.4. The van der Waals surface area contributed by atoms with E-state index in [1.54, 1.807) is 0 Å². The molecule has 1 aliphatic rings. The van der Waals surface area contributed by atoms with Crippen LogP contribution in [0.15, 0.2) is 78.9 Å². The molecule has 31 heavy (non-hydrogen) atoms. The second kappa shape index (κ2) is 8.36. The lowest BCUT2D eigenvalue weighted by Gasteiger charge is -2.35. The third-order valence-corrected chi connectivity index (χ3v) is 6.04. The molecule has 4 aromatic rings. The maximum absolute atomic E-state index is 13.2. The third kappa shape index (κ3) is 3.84. The zero-order valence-corrected chi connectivity index (χ0v) is 17.7. The minimum atomic E-state index is 0.0802. The summed E-state index contributed by atoms with van der Waals surface area (Å²) in [5, 5.41) is 11.5. The lowest BCUT2D eigenvalue weighted by Crippen LogP contribution is -2.49. The van der Waals surface area contributed by atoms with Crippen molar-refractivity contribution in [3.05, 3.63) is 89.4 Å². The lowest BCUT2D eigenvalue weighted by molar-refractivity contribution is 0.0748. The van der Waals surface area contributed by atoms with Crippen LogP contribution in [0.5, 0.6) is 0 Å². The molecular weight excluding hydrogens is 408 g/mol. The Hall–Kier alpha value is -3.44. The van der Waals surface area contributed by atoms with Crippen molar-refractivity contribution in [2.45, 2.75) is 0 Å². The highest BCUT2D eigenvalue weighted by atomic mass is 35.5. The molecule has 0 saturated carbocycles. The molecule has 1 amide bonds. The minimum absolute atomic E-state index is 0.0802. The van der Waals surface area contributed by atoms with Crippen molar-refractivity contribution in [3.63, 3.8) is 0 Å². The smallest absolute Gasteiger partial charge is 0.254 e. The van der Waals surface area contributed by atoms with Crippen LogP contribution in [0.4, 0.5) is 5.82 Å². The van der Waals surface area contributed by atoms with Crippen molar-refractivity contribution >= 4 is 34.1 Å². The number of benzene rings is 3. The van der Waals surface area contributed by atoms with Gasteiger partial charge in [-0.3, -0.25) is 4.79 Å². The third-order valence-electron chi connectivity index (χ3n) is 5.71. The Morgan fingerprint density at radius 3 is 2.29 bits per heavy atom. The molecule has 1 fully saturated rings. The summed E-state index contributed by atoms with van der Waals surface area (Å²) in [7, 11) is 0. The van der Waals surface area contributed by atoms with Crippen molar-refractivity contribution in [1.82, 2.24) is 15.1 Å². The van der Waals surface area contributed by atoms with Crippen molar-refractivity contribution in [1.29, 1.82) is 0 Å². The van der Waals surface area contributed by atoms with Crippen LogP contribution in [0, 0.1) is 0 Å². The van der Waals surface area contributed by atoms with E-state index in [1.807, 2.05) is 83.8 Å². The van der Waals surface area contributed by atoms with Crippen LogP contribution in [0.1, 0.15) is 10.4 Å². The monoisotopic (exact) mass is 428 g/mol. The minimum Gasteiger partial charge on any atom is -0.352 e. The van der Waals surface area contributed by atoms with Crippen molar-refractivity contribution in [2.24, 2.45) is 0 Å². The molecule has 1 aliphatic heterocycles. The molecule has 1 saturated heterocycles. The fourth-order valence-electron chi connectivity index (χ4n) is 4.03. The van der Waals surface area contributed by atoms with Crippen molar-refractivity contribution in [2.75, 3.05) is 31.1 Å². The molecule has 2 heterocycles. The van der Waals surface area contributed by atoms with E-state index in [9.17, 15) is 4.79 Å². The molecule has 0 bridgehead atoms. The number of hydrogen-bond acceptors (Lipinski definition) is 4. The molecular formula is C25H21ClN4O. The van der Waals surface area contributed by atoms with E-state index in [1.165, 1.54) is 0 Å². The topological polar surface area (TPSA) is 49.3 Å². The van der Waals surface area contributed by atoms with Gasteiger partial charge in [-0.2, -0.15) is 0 Å². The Bertz CT molecular complexity index is 1230. The van der Waals surface area contributed by atoms with Crippen LogP contribution in [0.3, 0.4) is 0 Å². The summed E-state index contributed by atoms with van der Waals surface area (Å²) >= 11 is 6.26. The van der Waals surface area contributed by atoms with Gasteiger partial charge in [0.15, 0.2) is 5.82 Å². The number of amides is 1. The zero-order valence-electron chi connectivity index (χ0n) is 16.9. The summed E-state index contributed by atoms with van der Waals surface area (Å²) < 4.78 is 0. The number of anilines is 1. The number of carbonyl (C=O) groups is 1. The second-order valence-electron chi connectivity index (χ2n) is 7.56. The number of aromatic nitrogens is 2. The molecule has 0 unspecified atom stereocenters. The number of rotatable bonds is 3. The van der Waals surface area contributed by atoms with Gasteiger partial charge >= 0.3 is 0 Å². The van der Waals surface area contributed by atoms with E-state index in [-0.39, 0.29) is 5.91 Å². The van der Waals surface area contributed by atoms with Gasteiger partial charge in [0.1, 0.15) is 0 Å². The summed E-state index contributed by atoms with van der Waals surface area (Å²) in [4.78, 5) is 17.2. The van der Waals surface area contributed by atoms with E-state index >= 15 is 0 Å². The van der Waals surface area contributed by atoms with E-state index in [0.29, 0.717) is 18.1 Å². The van der Waals surface area contributed by atoms with Gasteiger partial charge in [0.2, 0.25) is 0 Å². The van der Waals surface area contributed by atoms with Gasteiger partial charge in [0.05, 0.1) is 10.7 Å². The predicted octanol–water partition coefficient (Wildman–Crippen LogP) is 4.91. The molecule has 154 valence electrons. The fraction of sp³-hybridized carbons (Fsp3) is 0.160. The molecule has 0 N–H and O–H groups in total. The molecule has 0 radical (unpaired) electrons. The van der Waals surface area contributed by atoms with Crippen LogP contribution >= 0.6 is 11.6 Å². The van der Waals surface area contributed by atoms with E-state index in [0.717, 1.165) is 46.5 Å². The second-order valence-corrected chi connectivity index (χ2v) is 7.97. The first-order chi connectivity index (χ1) is 15.2. The molecule has 0 spiro atoms. The maximum atomic E-state index is 13.2. The summed E-state index contributed by atoms with van der Waals surface area (Å²) in [6.07, 6.45) is 0. The number of carbonyl (C=O) groups excluding carboxylic acids is 1. The Kier molecular flexibility index (Phi) is 5.26. The standard InChI is InChI=1S/C25H21ClN4O/c26-22-11-4-3-9-21(22)23-12-13-24(28-27-23)29-14-16-30(17-15-29)25(31)20-10-5-7-18-6-1-2-8-19(18)20/h1-13H,14-17H2. The molecule has 5 rings (SSSR count). The van der Waals surface area contributed by atoms with Gasteiger partial charge < -0.3 is 9.80 Å². The van der Waals surface area contributed by atoms with Crippen LogP contribution in [0.25, 0.3) is 22.0 Å². The highest BCUT2D eigenvalue weighted by Crippen LogP contribution is 2.26. The van der Waals surface area contributed by atoms with Gasteiger partial charge in [-0.25, -0.2) is 0 Å². The summed E-state index contributed by atoms with van der Waals surface area (Å²) in [5.41, 5.74) is 2.38. The highest BCUT2D eigenvalue weighted by Gasteiger charge is 2.24. The number of hydrogen-bond donors (Lipinski definition) is 0. The molecule has 6 heteroatoms. The Morgan fingerprint density at radius 1 is 0.774 bits per heavy atom. The van der Waals surface area contributed by atoms with E-state index < -0.39 is 0 Å². The Labute approximate surface area is 185 Å².